The number of nitrogens with zero attached hydrogens (tertiary/aromatic N) is 1. The van der Waals surface area contributed by atoms with E-state index in [0.29, 0.717) is 5.92 Å². The van der Waals surface area contributed by atoms with Crippen LogP contribution in [0.15, 0.2) is 18.2 Å². The summed E-state index contributed by atoms with van der Waals surface area (Å²) < 4.78 is 0. The summed E-state index contributed by atoms with van der Waals surface area (Å²) in [6.07, 6.45) is 0. The Labute approximate surface area is 81.4 Å². The van der Waals surface area contributed by atoms with Crippen LogP contribution in [0.2, 0.25) is 0 Å². The van der Waals surface area contributed by atoms with Crippen LogP contribution in [0.4, 0.5) is 5.69 Å². The van der Waals surface area contributed by atoms with Crippen LogP contribution in [-0.4, -0.2) is 14.1 Å². The van der Waals surface area contributed by atoms with Gasteiger partial charge in [0.2, 0.25) is 0 Å². The molecule has 0 aliphatic carbocycles. The SMILES string of the molecule is Cc1cccc(N(C)C)c1C(C)C. The number of rotatable bonds is 2. The second kappa shape index (κ2) is 3.82. The number of hydrogen-bond acceptors (Lipinski definition) is 1. The number of benzene rings is 1. The topological polar surface area (TPSA) is 3.24 Å². The molecule has 0 N–H and O–H groups in total. The van der Waals surface area contributed by atoms with Crippen molar-refractivity contribution in [3.63, 3.8) is 0 Å². The molecule has 0 spiro atoms. The van der Waals surface area contributed by atoms with Crippen LogP contribution >= 0.6 is 0 Å². The highest BCUT2D eigenvalue weighted by Gasteiger charge is 2.09. The van der Waals surface area contributed by atoms with Crippen LogP contribution in [0.1, 0.15) is 30.9 Å². The molecular weight excluding hydrogens is 158 g/mol. The fraction of sp³-hybridized carbons (Fsp3) is 0.500. The third-order valence-corrected chi connectivity index (χ3v) is 2.36. The second-order valence-electron chi connectivity index (χ2n) is 4.06. The molecule has 1 rings (SSSR count). The molecule has 0 amide bonds. The van der Waals surface area contributed by atoms with Gasteiger partial charge in [-0.15, -0.1) is 0 Å². The quantitative estimate of drug-likeness (QED) is 0.670. The molecule has 0 aliphatic rings. The van der Waals surface area contributed by atoms with E-state index in [1.807, 2.05) is 0 Å². The molecule has 13 heavy (non-hydrogen) atoms. The molecule has 1 nitrogen and oxygen atoms in total. The van der Waals surface area contributed by atoms with Gasteiger partial charge in [0.1, 0.15) is 0 Å². The maximum atomic E-state index is 2.25. The van der Waals surface area contributed by atoms with E-state index in [1.165, 1.54) is 16.8 Å². The lowest BCUT2D eigenvalue weighted by molar-refractivity contribution is 0.849. The van der Waals surface area contributed by atoms with Crippen molar-refractivity contribution in [3.05, 3.63) is 29.3 Å². The molecule has 0 bridgehead atoms. The summed E-state index contributed by atoms with van der Waals surface area (Å²) in [6.45, 7) is 6.67. The zero-order valence-corrected chi connectivity index (χ0v) is 9.26. The molecule has 72 valence electrons. The van der Waals surface area contributed by atoms with Crippen molar-refractivity contribution >= 4 is 5.69 Å². The van der Waals surface area contributed by atoms with E-state index in [9.17, 15) is 0 Å². The van der Waals surface area contributed by atoms with Crippen molar-refractivity contribution in [3.8, 4) is 0 Å². The van der Waals surface area contributed by atoms with E-state index >= 15 is 0 Å². The average molecular weight is 177 g/mol. The lowest BCUT2D eigenvalue weighted by Crippen LogP contribution is -2.12. The first-order chi connectivity index (χ1) is 6.04. The van der Waals surface area contributed by atoms with Gasteiger partial charge >= 0.3 is 0 Å². The maximum Gasteiger partial charge on any atom is 0.0398 e. The molecule has 0 atom stereocenters. The lowest BCUT2D eigenvalue weighted by atomic mass is 9.96. The summed E-state index contributed by atoms with van der Waals surface area (Å²) >= 11 is 0. The van der Waals surface area contributed by atoms with E-state index in [1.54, 1.807) is 0 Å². The Hall–Kier alpha value is -0.980. The van der Waals surface area contributed by atoms with Crippen LogP contribution in [0.25, 0.3) is 0 Å². The third kappa shape index (κ3) is 2.03. The van der Waals surface area contributed by atoms with Gasteiger partial charge in [-0.25, -0.2) is 0 Å². The van der Waals surface area contributed by atoms with E-state index in [2.05, 4.69) is 58.0 Å². The van der Waals surface area contributed by atoms with Gasteiger partial charge in [0, 0.05) is 19.8 Å². The van der Waals surface area contributed by atoms with Crippen LogP contribution in [0.5, 0.6) is 0 Å². The summed E-state index contributed by atoms with van der Waals surface area (Å²) in [7, 11) is 4.20. The van der Waals surface area contributed by atoms with Crippen LogP contribution in [0, 0.1) is 6.92 Å². The van der Waals surface area contributed by atoms with Gasteiger partial charge in [-0.1, -0.05) is 26.0 Å². The third-order valence-electron chi connectivity index (χ3n) is 2.36. The van der Waals surface area contributed by atoms with Gasteiger partial charge in [0.15, 0.2) is 0 Å². The van der Waals surface area contributed by atoms with Crippen molar-refractivity contribution in [1.29, 1.82) is 0 Å². The van der Waals surface area contributed by atoms with Gasteiger partial charge in [-0.3, -0.25) is 0 Å². The molecule has 1 aromatic rings. The summed E-state index contributed by atoms with van der Waals surface area (Å²) in [5, 5.41) is 0. The van der Waals surface area contributed by atoms with Crippen molar-refractivity contribution in [2.75, 3.05) is 19.0 Å². The van der Waals surface area contributed by atoms with Crippen molar-refractivity contribution < 1.29 is 0 Å². The number of anilines is 1. The summed E-state index contributed by atoms with van der Waals surface area (Å²) in [5.41, 5.74) is 4.20. The minimum absolute atomic E-state index is 0.596. The Morgan fingerprint density at radius 1 is 1.15 bits per heavy atom. The minimum atomic E-state index is 0.596. The van der Waals surface area contributed by atoms with Crippen LogP contribution in [-0.2, 0) is 0 Å². The minimum Gasteiger partial charge on any atom is -0.377 e. The van der Waals surface area contributed by atoms with Crippen molar-refractivity contribution in [2.24, 2.45) is 0 Å². The Bertz CT molecular complexity index is 287. The molecule has 0 heterocycles. The summed E-state index contributed by atoms with van der Waals surface area (Å²) in [5.74, 6) is 0.596. The van der Waals surface area contributed by atoms with Crippen molar-refractivity contribution in [2.45, 2.75) is 26.7 Å². The predicted octanol–water partition coefficient (Wildman–Crippen LogP) is 3.18. The Morgan fingerprint density at radius 3 is 2.15 bits per heavy atom. The van der Waals surface area contributed by atoms with Gasteiger partial charge in [0.25, 0.3) is 0 Å². The fourth-order valence-corrected chi connectivity index (χ4v) is 1.81. The highest BCUT2D eigenvalue weighted by atomic mass is 15.1. The molecule has 1 aromatic carbocycles. The normalized spacial score (nSPS) is 10.6. The lowest BCUT2D eigenvalue weighted by Gasteiger charge is -2.21. The van der Waals surface area contributed by atoms with Crippen molar-refractivity contribution in [1.82, 2.24) is 0 Å². The Kier molecular flexibility index (Phi) is 2.97. The molecule has 1 heteroatoms. The first kappa shape index (κ1) is 10.1. The van der Waals surface area contributed by atoms with Gasteiger partial charge in [-0.2, -0.15) is 0 Å². The molecule has 0 aliphatic heterocycles. The number of aryl methyl sites for hydroxylation is 1. The second-order valence-corrected chi connectivity index (χ2v) is 4.06. The molecular formula is C12H19N. The van der Waals surface area contributed by atoms with E-state index in [4.69, 9.17) is 0 Å². The fourth-order valence-electron chi connectivity index (χ4n) is 1.81. The number of hydrogen-bond donors (Lipinski definition) is 0. The van der Waals surface area contributed by atoms with Crippen LogP contribution in [0.3, 0.4) is 0 Å². The first-order valence-corrected chi connectivity index (χ1v) is 4.81. The largest absolute Gasteiger partial charge is 0.377 e. The van der Waals surface area contributed by atoms with E-state index < -0.39 is 0 Å². The molecule has 0 unspecified atom stereocenters. The zero-order chi connectivity index (χ0) is 10.0. The summed E-state index contributed by atoms with van der Waals surface area (Å²) in [6, 6.07) is 6.49. The molecule has 0 saturated heterocycles. The Balaban J connectivity index is 3.26. The standard InChI is InChI=1S/C12H19N/c1-9(2)12-10(3)7-6-8-11(12)13(4)5/h6-9H,1-5H3. The van der Waals surface area contributed by atoms with Gasteiger partial charge < -0.3 is 4.90 Å². The molecule has 0 radical (unpaired) electrons. The zero-order valence-electron chi connectivity index (χ0n) is 9.26. The van der Waals surface area contributed by atoms with Gasteiger partial charge in [-0.05, 0) is 30.0 Å². The highest BCUT2D eigenvalue weighted by Crippen LogP contribution is 2.28. The molecule has 0 aromatic heterocycles. The predicted molar refractivity (Wildman–Crippen MR) is 59.6 cm³/mol. The summed E-state index contributed by atoms with van der Waals surface area (Å²) in [4.78, 5) is 2.18. The van der Waals surface area contributed by atoms with E-state index in [0.717, 1.165) is 0 Å². The smallest absolute Gasteiger partial charge is 0.0398 e. The maximum absolute atomic E-state index is 2.25. The first-order valence-electron chi connectivity index (χ1n) is 4.81. The van der Waals surface area contributed by atoms with Crippen LogP contribution < -0.4 is 4.90 Å². The highest BCUT2D eigenvalue weighted by molar-refractivity contribution is 5.56. The van der Waals surface area contributed by atoms with Gasteiger partial charge in [0.05, 0.1) is 0 Å². The monoisotopic (exact) mass is 177 g/mol. The Morgan fingerprint density at radius 2 is 1.77 bits per heavy atom. The molecule has 0 fully saturated rings. The van der Waals surface area contributed by atoms with E-state index in [-0.39, 0.29) is 0 Å². The molecule has 0 saturated carbocycles. The average Bonchev–Trinajstić information content (AvgIpc) is 2.02.